The Bertz CT molecular complexity index is 411. The van der Waals surface area contributed by atoms with Gasteiger partial charge in [0.15, 0.2) is 0 Å². The quantitative estimate of drug-likeness (QED) is 0.318. The molecule has 0 aliphatic rings. The largest absolute Gasteiger partial charge is 0.500 e. The highest BCUT2D eigenvalue weighted by Crippen LogP contribution is 2.28. The first-order valence-corrected chi connectivity index (χ1v) is 7.85. The van der Waals surface area contributed by atoms with E-state index in [2.05, 4.69) is 10.0 Å². The molecule has 0 aliphatic heterocycles. The van der Waals surface area contributed by atoms with Gasteiger partial charge in [-0.2, -0.15) is 0 Å². The second-order valence-corrected chi connectivity index (χ2v) is 7.02. The number of benzene rings is 1. The van der Waals surface area contributed by atoms with Crippen molar-refractivity contribution >= 4 is 8.80 Å². The van der Waals surface area contributed by atoms with Gasteiger partial charge in [0.2, 0.25) is 0 Å². The lowest BCUT2D eigenvalue weighted by Crippen LogP contribution is -2.44. The second kappa shape index (κ2) is 7.93. The Morgan fingerprint density at radius 3 is 2.21 bits per heavy atom. The van der Waals surface area contributed by atoms with E-state index in [1.807, 2.05) is 30.3 Å². The summed E-state index contributed by atoms with van der Waals surface area (Å²) in [6.07, 6.45) is 0. The molecule has 0 bridgehead atoms. The van der Waals surface area contributed by atoms with E-state index in [1.165, 1.54) is 0 Å². The van der Waals surface area contributed by atoms with Crippen LogP contribution in [0.2, 0.25) is 6.04 Å². The molecule has 0 N–H and O–H groups in total. The van der Waals surface area contributed by atoms with E-state index < -0.39 is 8.80 Å². The summed E-state index contributed by atoms with van der Waals surface area (Å²) in [7, 11) is 2.04. The van der Waals surface area contributed by atoms with Crippen LogP contribution in [0.15, 0.2) is 35.4 Å². The fourth-order valence-corrected chi connectivity index (χ4v) is 3.92. The van der Waals surface area contributed by atoms with E-state index in [-0.39, 0.29) is 5.92 Å². The average Bonchev–Trinajstić information content (AvgIpc) is 2.49. The summed E-state index contributed by atoms with van der Waals surface area (Å²) in [4.78, 5) is 2.83. The number of nitrogens with zero attached hydrogens (tertiary/aromatic N) is 3. The van der Waals surface area contributed by atoms with Crippen LogP contribution in [-0.4, -0.2) is 36.7 Å². The molecule has 0 aliphatic carbocycles. The molecule has 19 heavy (non-hydrogen) atoms. The highest BCUT2D eigenvalue weighted by Gasteiger charge is 2.40. The van der Waals surface area contributed by atoms with Crippen molar-refractivity contribution in [2.24, 2.45) is 5.11 Å². The Morgan fingerprint density at radius 1 is 1.16 bits per heavy atom. The van der Waals surface area contributed by atoms with Gasteiger partial charge in [0.1, 0.15) is 0 Å². The van der Waals surface area contributed by atoms with Crippen LogP contribution in [0.4, 0.5) is 0 Å². The van der Waals surface area contributed by atoms with Gasteiger partial charge in [-0.3, -0.25) is 0 Å². The van der Waals surface area contributed by atoms with Gasteiger partial charge in [-0.25, -0.2) is 0 Å². The van der Waals surface area contributed by atoms with Crippen molar-refractivity contribution in [3.63, 3.8) is 0 Å². The normalized spacial score (nSPS) is 12.8. The Kier molecular flexibility index (Phi) is 6.55. The van der Waals surface area contributed by atoms with Crippen LogP contribution >= 0.6 is 0 Å². The minimum Gasteiger partial charge on any atom is -0.377 e. The lowest BCUT2D eigenvalue weighted by molar-refractivity contribution is 0.121. The van der Waals surface area contributed by atoms with Crippen LogP contribution in [-0.2, 0) is 13.3 Å². The maximum Gasteiger partial charge on any atom is 0.500 e. The Balaban J connectivity index is 2.94. The van der Waals surface area contributed by atoms with Crippen molar-refractivity contribution < 1.29 is 13.3 Å². The van der Waals surface area contributed by atoms with Crippen molar-refractivity contribution in [2.45, 2.75) is 12.0 Å². The molecular formula is C12H19N3O3Si. The Morgan fingerprint density at radius 2 is 1.74 bits per heavy atom. The fourth-order valence-electron chi connectivity index (χ4n) is 1.95. The van der Waals surface area contributed by atoms with Crippen molar-refractivity contribution in [3.8, 4) is 0 Å². The van der Waals surface area contributed by atoms with Gasteiger partial charge in [-0.15, -0.1) is 0 Å². The molecule has 1 aromatic carbocycles. The summed E-state index contributed by atoms with van der Waals surface area (Å²) in [5, 5.41) is 3.67. The van der Waals surface area contributed by atoms with Crippen molar-refractivity contribution in [3.05, 3.63) is 46.3 Å². The summed E-state index contributed by atoms with van der Waals surface area (Å²) in [6.45, 7) is 0.353. The predicted octanol–water partition coefficient (Wildman–Crippen LogP) is 2.96. The zero-order valence-corrected chi connectivity index (χ0v) is 12.4. The molecule has 0 aromatic heterocycles. The summed E-state index contributed by atoms with van der Waals surface area (Å²) in [6, 6.07) is 10.4. The maximum atomic E-state index is 8.51. The molecule has 0 spiro atoms. The number of hydrogen-bond donors (Lipinski definition) is 0. The van der Waals surface area contributed by atoms with Crippen LogP contribution in [0.3, 0.4) is 0 Å². The molecule has 0 radical (unpaired) electrons. The van der Waals surface area contributed by atoms with Gasteiger partial charge in [0.25, 0.3) is 0 Å². The van der Waals surface area contributed by atoms with Crippen molar-refractivity contribution in [1.82, 2.24) is 0 Å². The molecule has 1 rings (SSSR count). The van der Waals surface area contributed by atoms with E-state index in [9.17, 15) is 0 Å². The van der Waals surface area contributed by atoms with E-state index >= 15 is 0 Å². The minimum atomic E-state index is -2.70. The first-order valence-electron chi connectivity index (χ1n) is 5.92. The third-order valence-electron chi connectivity index (χ3n) is 3.07. The van der Waals surface area contributed by atoms with Crippen molar-refractivity contribution in [1.29, 1.82) is 0 Å². The molecule has 1 aromatic rings. The van der Waals surface area contributed by atoms with Crippen LogP contribution in [0.25, 0.3) is 10.4 Å². The molecule has 0 saturated carbocycles. The summed E-state index contributed by atoms with van der Waals surface area (Å²) < 4.78 is 16.3. The molecule has 6 nitrogen and oxygen atoms in total. The van der Waals surface area contributed by atoms with E-state index in [1.54, 1.807) is 21.3 Å². The topological polar surface area (TPSA) is 76.5 Å². The van der Waals surface area contributed by atoms with E-state index in [4.69, 9.17) is 18.8 Å². The zero-order valence-electron chi connectivity index (χ0n) is 11.4. The van der Waals surface area contributed by atoms with Gasteiger partial charge in [-0.1, -0.05) is 35.4 Å². The third-order valence-corrected chi connectivity index (χ3v) is 5.92. The molecule has 0 fully saturated rings. The SMILES string of the molecule is CO[Si](CC(CN=[N+]=[N-])c1ccccc1)(OC)OC. The van der Waals surface area contributed by atoms with Crippen LogP contribution in [0.5, 0.6) is 0 Å². The zero-order chi connectivity index (χ0) is 14.1. The highest BCUT2D eigenvalue weighted by atomic mass is 28.4. The average molecular weight is 281 g/mol. The highest BCUT2D eigenvalue weighted by molar-refractivity contribution is 6.60. The summed E-state index contributed by atoms with van der Waals surface area (Å²) in [5.74, 6) is 0.0172. The first-order chi connectivity index (χ1) is 9.21. The summed E-state index contributed by atoms with van der Waals surface area (Å²) in [5.41, 5.74) is 9.59. The van der Waals surface area contributed by atoms with Gasteiger partial charge in [0.05, 0.1) is 0 Å². The van der Waals surface area contributed by atoms with Crippen molar-refractivity contribution in [2.75, 3.05) is 27.9 Å². The molecule has 1 unspecified atom stereocenters. The molecule has 1 atom stereocenters. The fraction of sp³-hybridized carbons (Fsp3) is 0.500. The van der Waals surface area contributed by atoms with Crippen LogP contribution in [0.1, 0.15) is 11.5 Å². The summed E-state index contributed by atoms with van der Waals surface area (Å²) >= 11 is 0. The molecule has 7 heteroatoms. The Labute approximate surface area is 114 Å². The smallest absolute Gasteiger partial charge is 0.377 e. The number of azide groups is 1. The predicted molar refractivity (Wildman–Crippen MR) is 74.8 cm³/mol. The lowest BCUT2D eigenvalue weighted by atomic mass is 10.0. The first kappa shape index (κ1) is 15.7. The van der Waals surface area contributed by atoms with Gasteiger partial charge >= 0.3 is 8.80 Å². The molecular weight excluding hydrogens is 262 g/mol. The maximum absolute atomic E-state index is 8.51. The molecule has 104 valence electrons. The van der Waals surface area contributed by atoms with Gasteiger partial charge in [0, 0.05) is 38.8 Å². The van der Waals surface area contributed by atoms with E-state index in [0.29, 0.717) is 12.6 Å². The minimum absolute atomic E-state index is 0.0172. The molecule has 0 saturated heterocycles. The lowest BCUT2D eigenvalue weighted by Gasteiger charge is -2.28. The molecule has 0 amide bonds. The van der Waals surface area contributed by atoms with E-state index in [0.717, 1.165) is 5.56 Å². The number of rotatable bonds is 8. The standard InChI is InChI=1S/C12H19N3O3Si/c1-16-19(17-2,18-3)10-12(9-14-15-13)11-7-5-4-6-8-11/h4-8,12H,9-10H2,1-3H3. The second-order valence-electron chi connectivity index (χ2n) is 4.02. The van der Waals surface area contributed by atoms with Gasteiger partial charge in [-0.05, 0) is 17.0 Å². The van der Waals surface area contributed by atoms with Crippen LogP contribution < -0.4 is 0 Å². The Hall–Kier alpha value is -1.37. The van der Waals surface area contributed by atoms with Crippen LogP contribution in [0, 0.1) is 0 Å². The number of hydrogen-bond acceptors (Lipinski definition) is 4. The monoisotopic (exact) mass is 281 g/mol. The van der Waals surface area contributed by atoms with Gasteiger partial charge < -0.3 is 13.3 Å². The third kappa shape index (κ3) is 4.34. The molecule has 0 heterocycles.